The zero-order chi connectivity index (χ0) is 14.6. The summed E-state index contributed by atoms with van der Waals surface area (Å²) in [6.45, 7) is 2.00. The van der Waals surface area contributed by atoms with Gasteiger partial charge in [0.1, 0.15) is 22.8 Å². The molecule has 5 heteroatoms. The van der Waals surface area contributed by atoms with Crippen molar-refractivity contribution in [1.29, 1.82) is 0 Å². The van der Waals surface area contributed by atoms with E-state index in [-0.39, 0.29) is 5.56 Å². The summed E-state index contributed by atoms with van der Waals surface area (Å²) < 4.78 is 30.1. The van der Waals surface area contributed by atoms with E-state index < -0.39 is 17.0 Å². The maximum Gasteiger partial charge on any atom is 0.132 e. The molecule has 4 rings (SSSR count). The highest BCUT2D eigenvalue weighted by Gasteiger charge is 2.31. The van der Waals surface area contributed by atoms with Crippen molar-refractivity contribution in [2.45, 2.75) is 18.1 Å². The van der Waals surface area contributed by atoms with Gasteiger partial charge in [-0.05, 0) is 30.7 Å². The summed E-state index contributed by atoms with van der Waals surface area (Å²) in [5, 5.41) is -0.395. The molecule has 0 saturated heterocycles. The fourth-order valence-electron chi connectivity index (χ4n) is 2.86. The first-order valence-electron chi connectivity index (χ1n) is 6.69. The van der Waals surface area contributed by atoms with Crippen molar-refractivity contribution in [3.8, 4) is 0 Å². The molecule has 2 heterocycles. The van der Waals surface area contributed by atoms with Crippen LogP contribution in [0, 0.1) is 18.6 Å². The molecule has 1 aromatic heterocycles. The standard InChI is InChI=1S/C16H12F2N2S/c1-9-4-2-7-12-15(9)19-13-8-21-16(20(12)13)14-10(17)5-3-6-11(14)18/h2-7,16H,8H2,1H3. The molecule has 0 aliphatic carbocycles. The average Bonchev–Trinajstić information content (AvgIpc) is 3.00. The van der Waals surface area contributed by atoms with E-state index in [1.807, 2.05) is 29.7 Å². The Hall–Kier alpha value is -1.88. The highest BCUT2D eigenvalue weighted by Crippen LogP contribution is 2.44. The predicted octanol–water partition coefficient (Wildman–Crippen LogP) is 4.42. The normalized spacial score (nSPS) is 17.4. The van der Waals surface area contributed by atoms with Crippen LogP contribution in [0.1, 0.15) is 22.3 Å². The molecule has 106 valence electrons. The molecule has 0 amide bonds. The molecular weight excluding hydrogens is 290 g/mol. The lowest BCUT2D eigenvalue weighted by Crippen LogP contribution is -2.08. The first-order valence-corrected chi connectivity index (χ1v) is 7.73. The lowest BCUT2D eigenvalue weighted by molar-refractivity contribution is 0.544. The van der Waals surface area contributed by atoms with Crippen LogP contribution in [0.25, 0.3) is 11.0 Å². The van der Waals surface area contributed by atoms with E-state index in [9.17, 15) is 8.78 Å². The van der Waals surface area contributed by atoms with Gasteiger partial charge in [-0.3, -0.25) is 0 Å². The molecule has 1 unspecified atom stereocenters. The summed E-state index contributed by atoms with van der Waals surface area (Å²) in [5.41, 5.74) is 3.03. The van der Waals surface area contributed by atoms with Crippen molar-refractivity contribution in [2.75, 3.05) is 0 Å². The summed E-state index contributed by atoms with van der Waals surface area (Å²) in [6, 6.07) is 9.91. The second-order valence-corrected chi connectivity index (χ2v) is 6.21. The van der Waals surface area contributed by atoms with Crippen molar-refractivity contribution >= 4 is 22.8 Å². The Kier molecular flexibility index (Phi) is 2.79. The SMILES string of the molecule is Cc1cccc2c1nc1n2C(c2c(F)cccc2F)SC1. The molecule has 1 aliphatic rings. The number of fused-ring (bicyclic) bond motifs is 3. The summed E-state index contributed by atoms with van der Waals surface area (Å²) in [5.74, 6) is 0.522. The molecule has 0 bridgehead atoms. The minimum atomic E-state index is -0.505. The van der Waals surface area contributed by atoms with E-state index in [1.54, 1.807) is 0 Å². The molecular formula is C16H12F2N2S. The topological polar surface area (TPSA) is 17.8 Å². The maximum atomic E-state index is 14.1. The minimum Gasteiger partial charge on any atom is -0.310 e. The number of hydrogen-bond acceptors (Lipinski definition) is 2. The Morgan fingerprint density at radius 2 is 1.86 bits per heavy atom. The van der Waals surface area contributed by atoms with Crippen molar-refractivity contribution in [3.63, 3.8) is 0 Å². The van der Waals surface area contributed by atoms with Crippen molar-refractivity contribution < 1.29 is 8.78 Å². The van der Waals surface area contributed by atoms with Crippen LogP contribution in [-0.4, -0.2) is 9.55 Å². The molecule has 0 saturated carbocycles. The van der Waals surface area contributed by atoms with Crippen molar-refractivity contribution in [1.82, 2.24) is 9.55 Å². The molecule has 0 radical (unpaired) electrons. The fourth-order valence-corrected chi connectivity index (χ4v) is 4.14. The monoisotopic (exact) mass is 302 g/mol. The van der Waals surface area contributed by atoms with Crippen LogP contribution in [0.3, 0.4) is 0 Å². The van der Waals surface area contributed by atoms with Gasteiger partial charge in [0.2, 0.25) is 0 Å². The number of rotatable bonds is 1. The Balaban J connectivity index is 1.98. The van der Waals surface area contributed by atoms with E-state index in [2.05, 4.69) is 4.98 Å². The summed E-state index contributed by atoms with van der Waals surface area (Å²) in [7, 11) is 0. The average molecular weight is 302 g/mol. The molecule has 2 aromatic carbocycles. The quantitative estimate of drug-likeness (QED) is 0.662. The van der Waals surface area contributed by atoms with E-state index in [1.165, 1.54) is 30.0 Å². The number of aromatic nitrogens is 2. The molecule has 3 aromatic rings. The van der Waals surface area contributed by atoms with E-state index in [4.69, 9.17) is 0 Å². The van der Waals surface area contributed by atoms with Crippen LogP contribution in [-0.2, 0) is 5.75 Å². The number of thioether (sulfide) groups is 1. The van der Waals surface area contributed by atoms with Crippen LogP contribution >= 0.6 is 11.8 Å². The van der Waals surface area contributed by atoms with Crippen LogP contribution < -0.4 is 0 Å². The number of halogens is 2. The van der Waals surface area contributed by atoms with Gasteiger partial charge in [-0.25, -0.2) is 13.8 Å². The highest BCUT2D eigenvalue weighted by atomic mass is 32.2. The number of aryl methyl sites for hydroxylation is 1. The fraction of sp³-hybridized carbons (Fsp3) is 0.188. The molecule has 21 heavy (non-hydrogen) atoms. The Morgan fingerprint density at radius 1 is 1.14 bits per heavy atom. The number of hydrogen-bond donors (Lipinski definition) is 0. The van der Waals surface area contributed by atoms with Gasteiger partial charge in [-0.2, -0.15) is 0 Å². The molecule has 1 atom stereocenters. The Morgan fingerprint density at radius 3 is 2.62 bits per heavy atom. The van der Waals surface area contributed by atoms with Gasteiger partial charge in [0.25, 0.3) is 0 Å². The van der Waals surface area contributed by atoms with Crippen molar-refractivity contribution in [2.24, 2.45) is 0 Å². The van der Waals surface area contributed by atoms with Gasteiger partial charge in [-0.15, -0.1) is 11.8 Å². The first-order chi connectivity index (χ1) is 10.2. The van der Waals surface area contributed by atoms with E-state index in [0.717, 1.165) is 22.4 Å². The van der Waals surface area contributed by atoms with E-state index in [0.29, 0.717) is 5.75 Å². The second kappa shape index (κ2) is 4.56. The summed E-state index contributed by atoms with van der Waals surface area (Å²) in [6.07, 6.45) is 0. The number of nitrogens with zero attached hydrogens (tertiary/aromatic N) is 2. The molecule has 2 nitrogen and oxygen atoms in total. The zero-order valence-electron chi connectivity index (χ0n) is 11.3. The van der Waals surface area contributed by atoms with Gasteiger partial charge in [0.05, 0.1) is 22.3 Å². The lowest BCUT2D eigenvalue weighted by atomic mass is 10.1. The third-order valence-electron chi connectivity index (χ3n) is 3.85. The highest BCUT2D eigenvalue weighted by molar-refractivity contribution is 7.99. The number of benzene rings is 2. The molecule has 0 N–H and O–H groups in total. The lowest BCUT2D eigenvalue weighted by Gasteiger charge is -2.15. The van der Waals surface area contributed by atoms with E-state index >= 15 is 0 Å². The summed E-state index contributed by atoms with van der Waals surface area (Å²) >= 11 is 1.50. The number of imidazole rings is 1. The summed E-state index contributed by atoms with van der Waals surface area (Å²) in [4.78, 5) is 4.63. The Labute approximate surface area is 124 Å². The predicted molar refractivity (Wildman–Crippen MR) is 80.3 cm³/mol. The largest absolute Gasteiger partial charge is 0.310 e. The van der Waals surface area contributed by atoms with Crippen LogP contribution in [0.4, 0.5) is 8.78 Å². The third-order valence-corrected chi connectivity index (χ3v) is 5.03. The van der Waals surface area contributed by atoms with Crippen LogP contribution in [0.5, 0.6) is 0 Å². The third kappa shape index (κ3) is 1.80. The number of para-hydroxylation sites is 1. The second-order valence-electron chi connectivity index (χ2n) is 5.14. The van der Waals surface area contributed by atoms with Gasteiger partial charge in [-0.1, -0.05) is 18.2 Å². The Bertz CT molecular complexity index is 837. The molecule has 0 spiro atoms. The van der Waals surface area contributed by atoms with Gasteiger partial charge in [0, 0.05) is 0 Å². The molecule has 1 aliphatic heterocycles. The zero-order valence-corrected chi connectivity index (χ0v) is 12.1. The molecule has 0 fully saturated rings. The van der Waals surface area contributed by atoms with Gasteiger partial charge >= 0.3 is 0 Å². The van der Waals surface area contributed by atoms with Crippen LogP contribution in [0.2, 0.25) is 0 Å². The van der Waals surface area contributed by atoms with Gasteiger partial charge in [0.15, 0.2) is 0 Å². The van der Waals surface area contributed by atoms with Gasteiger partial charge < -0.3 is 4.57 Å². The smallest absolute Gasteiger partial charge is 0.132 e. The van der Waals surface area contributed by atoms with Crippen molar-refractivity contribution in [3.05, 3.63) is 65.0 Å². The minimum absolute atomic E-state index is 0.113. The first kappa shape index (κ1) is 12.8. The maximum absolute atomic E-state index is 14.1. The van der Waals surface area contributed by atoms with Crippen LogP contribution in [0.15, 0.2) is 36.4 Å².